The molecule has 0 aromatic rings. The average molecular weight is 446 g/mol. The summed E-state index contributed by atoms with van der Waals surface area (Å²) in [7, 11) is 0. The predicted molar refractivity (Wildman–Crippen MR) is 105 cm³/mol. The second-order valence-corrected chi connectivity index (χ2v) is 6.39. The van der Waals surface area contributed by atoms with Crippen LogP contribution in [-0.4, -0.2) is 117 Å². The number of carboxylic acid groups (broad SMARTS) is 2. The maximum Gasteiger partial charge on any atom is 0.335 e. The Morgan fingerprint density at radius 2 is 1.10 bits per heavy atom. The van der Waals surface area contributed by atoms with Crippen molar-refractivity contribution in [3.8, 4) is 0 Å². The van der Waals surface area contributed by atoms with Gasteiger partial charge in [-0.2, -0.15) is 0 Å². The third-order valence-corrected chi connectivity index (χ3v) is 2.86. The molecule has 7 N–H and O–H groups in total. The van der Waals surface area contributed by atoms with Crippen LogP contribution in [0, 0.1) is 0 Å². The molecule has 0 bridgehead atoms. The van der Waals surface area contributed by atoms with Gasteiger partial charge in [-0.3, -0.25) is 0 Å². The minimum atomic E-state index is -2.27. The minimum Gasteiger partial charge on any atom is -0.479 e. The summed E-state index contributed by atoms with van der Waals surface area (Å²) < 4.78 is 15.3. The Hall–Kier alpha value is -1.38. The summed E-state index contributed by atoms with van der Waals surface area (Å²) in [6.45, 7) is 11.0. The predicted octanol–water partition coefficient (Wildman–Crippen LogP) is -1.55. The lowest BCUT2D eigenvalue weighted by Crippen LogP contribution is -2.39. The monoisotopic (exact) mass is 446 g/mol. The summed E-state index contributed by atoms with van der Waals surface area (Å²) >= 11 is 0. The molecule has 0 radical (unpaired) electrons. The van der Waals surface area contributed by atoms with Crippen molar-refractivity contribution in [3.05, 3.63) is 0 Å². The second-order valence-electron chi connectivity index (χ2n) is 6.39. The molecule has 0 rings (SSSR count). The van der Waals surface area contributed by atoms with Gasteiger partial charge in [0.25, 0.3) is 0 Å². The number of ether oxygens (including phenoxy) is 3. The Morgan fingerprint density at radius 1 is 0.733 bits per heavy atom. The smallest absolute Gasteiger partial charge is 0.335 e. The van der Waals surface area contributed by atoms with Gasteiger partial charge in [-0.15, -0.1) is 0 Å². The number of hydrogen-bond donors (Lipinski definition) is 7. The van der Waals surface area contributed by atoms with Crippen molar-refractivity contribution in [3.63, 3.8) is 0 Å². The van der Waals surface area contributed by atoms with Crippen molar-refractivity contribution in [1.82, 2.24) is 0 Å². The molecule has 0 heterocycles. The van der Waals surface area contributed by atoms with Crippen molar-refractivity contribution in [2.45, 2.75) is 71.2 Å². The topological polar surface area (TPSA) is 203 Å². The third kappa shape index (κ3) is 24.7. The molecule has 182 valence electrons. The zero-order chi connectivity index (χ0) is 24.3. The summed E-state index contributed by atoms with van der Waals surface area (Å²) in [6.07, 6.45) is -5.46. The number of carboxylic acids is 2. The molecule has 0 aromatic heterocycles. The normalized spacial score (nSPS) is 16.5. The van der Waals surface area contributed by atoms with E-state index in [9.17, 15) is 9.59 Å². The van der Waals surface area contributed by atoms with Crippen LogP contribution in [0.1, 0.15) is 34.6 Å². The van der Waals surface area contributed by atoms with E-state index in [1.807, 2.05) is 13.8 Å². The summed E-state index contributed by atoms with van der Waals surface area (Å²) in [5.74, 6) is -3.54. The van der Waals surface area contributed by atoms with E-state index in [0.717, 1.165) is 0 Å². The Balaban J connectivity index is -0.000000366. The molecule has 0 fully saturated rings. The van der Waals surface area contributed by atoms with Gasteiger partial charge in [0, 0.05) is 6.61 Å². The van der Waals surface area contributed by atoms with E-state index in [1.165, 1.54) is 0 Å². The van der Waals surface area contributed by atoms with E-state index < -0.39 is 30.3 Å². The van der Waals surface area contributed by atoms with Gasteiger partial charge >= 0.3 is 11.9 Å². The number of aliphatic hydroxyl groups is 5. The molecule has 12 heteroatoms. The molecule has 0 saturated carbocycles. The standard InChI is InChI=1S/C8H18O3.C6H14O3.C4H6O6/c1-4-10-6-8(3)11-5-7(2)9;1-5(8)4-9-6(2)3-7;5-1(3(7)8)2(6)4(9)10/h7-9H,4-6H2,1-3H3;5-8H,3-4H2,1-2H3;1-2,5-6H,(H,7,8)(H,9,10). The fraction of sp³-hybridized carbons (Fsp3) is 0.889. The van der Waals surface area contributed by atoms with E-state index in [-0.39, 0.29) is 24.9 Å². The lowest BCUT2D eigenvalue weighted by molar-refractivity contribution is -0.165. The number of hydrogen-bond acceptors (Lipinski definition) is 10. The lowest BCUT2D eigenvalue weighted by Gasteiger charge is -2.13. The van der Waals surface area contributed by atoms with E-state index >= 15 is 0 Å². The summed E-state index contributed by atoms with van der Waals surface area (Å²) in [5.41, 5.74) is 0. The van der Waals surface area contributed by atoms with E-state index in [1.54, 1.807) is 20.8 Å². The van der Waals surface area contributed by atoms with Crippen molar-refractivity contribution in [2.24, 2.45) is 0 Å². The minimum absolute atomic E-state index is 0.00667. The average Bonchev–Trinajstić information content (AvgIpc) is 2.68. The van der Waals surface area contributed by atoms with Gasteiger partial charge in [-0.05, 0) is 34.6 Å². The van der Waals surface area contributed by atoms with Crippen LogP contribution in [0.25, 0.3) is 0 Å². The molecule has 0 aromatic carbocycles. The van der Waals surface area contributed by atoms with Crippen LogP contribution in [-0.2, 0) is 23.8 Å². The Morgan fingerprint density at radius 3 is 1.37 bits per heavy atom. The van der Waals surface area contributed by atoms with Crippen LogP contribution in [0.15, 0.2) is 0 Å². The highest BCUT2D eigenvalue weighted by Crippen LogP contribution is 1.94. The number of rotatable bonds is 13. The van der Waals surface area contributed by atoms with Crippen LogP contribution in [0.5, 0.6) is 0 Å². The molecule has 6 atom stereocenters. The SMILES string of the molecule is CC(O)COC(C)CO.CCOCC(C)OCC(C)O.O=C(O)C(O)C(O)C(=O)O. The van der Waals surface area contributed by atoms with E-state index in [4.69, 9.17) is 50.0 Å². The summed E-state index contributed by atoms with van der Waals surface area (Å²) in [5, 5.41) is 58.5. The quantitative estimate of drug-likeness (QED) is 0.172. The maximum absolute atomic E-state index is 9.77. The van der Waals surface area contributed by atoms with Gasteiger partial charge in [0.15, 0.2) is 12.2 Å². The van der Waals surface area contributed by atoms with E-state index in [0.29, 0.717) is 26.4 Å². The van der Waals surface area contributed by atoms with E-state index in [2.05, 4.69) is 0 Å². The highest BCUT2D eigenvalue weighted by Gasteiger charge is 2.29. The van der Waals surface area contributed by atoms with Crippen LogP contribution in [0.3, 0.4) is 0 Å². The molecular weight excluding hydrogens is 408 g/mol. The first kappa shape index (κ1) is 33.3. The van der Waals surface area contributed by atoms with Crippen molar-refractivity contribution in [2.75, 3.05) is 33.0 Å². The molecule has 0 aliphatic carbocycles. The van der Waals surface area contributed by atoms with Crippen molar-refractivity contribution in [1.29, 1.82) is 0 Å². The molecular formula is C18H38O12. The first-order valence-electron chi connectivity index (χ1n) is 9.39. The lowest BCUT2D eigenvalue weighted by atomic mass is 10.2. The van der Waals surface area contributed by atoms with Crippen LogP contribution >= 0.6 is 0 Å². The molecule has 0 amide bonds. The summed E-state index contributed by atoms with van der Waals surface area (Å²) in [4.78, 5) is 19.5. The fourth-order valence-electron chi connectivity index (χ4n) is 1.26. The largest absolute Gasteiger partial charge is 0.479 e. The zero-order valence-electron chi connectivity index (χ0n) is 18.2. The molecule has 12 nitrogen and oxygen atoms in total. The Kier molecular flexibility index (Phi) is 23.1. The van der Waals surface area contributed by atoms with Crippen LogP contribution < -0.4 is 0 Å². The Bertz CT molecular complexity index is 398. The molecule has 30 heavy (non-hydrogen) atoms. The Labute approximate surface area is 176 Å². The van der Waals surface area contributed by atoms with Gasteiger partial charge in [0.05, 0.1) is 50.8 Å². The molecule has 0 saturated heterocycles. The highest BCUT2D eigenvalue weighted by molar-refractivity contribution is 5.83. The molecule has 0 aliphatic heterocycles. The summed E-state index contributed by atoms with van der Waals surface area (Å²) in [6, 6.07) is 0. The van der Waals surface area contributed by atoms with Crippen molar-refractivity contribution < 1.29 is 59.5 Å². The highest BCUT2D eigenvalue weighted by atomic mass is 16.5. The number of carbonyl (C=O) groups is 2. The molecule has 0 aliphatic rings. The molecule has 6 unspecified atom stereocenters. The molecule has 0 spiro atoms. The van der Waals surface area contributed by atoms with Gasteiger partial charge in [-0.25, -0.2) is 9.59 Å². The maximum atomic E-state index is 9.77. The second kappa shape index (κ2) is 20.9. The first-order chi connectivity index (χ1) is 13.8. The number of aliphatic carboxylic acids is 2. The van der Waals surface area contributed by atoms with Gasteiger partial charge in [0.1, 0.15) is 0 Å². The third-order valence-electron chi connectivity index (χ3n) is 2.86. The van der Waals surface area contributed by atoms with Crippen LogP contribution in [0.2, 0.25) is 0 Å². The van der Waals surface area contributed by atoms with Gasteiger partial charge in [-0.1, -0.05) is 0 Å². The van der Waals surface area contributed by atoms with Crippen LogP contribution in [0.4, 0.5) is 0 Å². The van der Waals surface area contributed by atoms with Gasteiger partial charge in [0.2, 0.25) is 0 Å². The fourth-order valence-corrected chi connectivity index (χ4v) is 1.26. The van der Waals surface area contributed by atoms with Gasteiger partial charge < -0.3 is 50.0 Å². The first-order valence-corrected chi connectivity index (χ1v) is 9.39. The van der Waals surface area contributed by atoms with Crippen molar-refractivity contribution >= 4 is 11.9 Å². The zero-order valence-corrected chi connectivity index (χ0v) is 18.2. The number of aliphatic hydroxyl groups excluding tert-OH is 5.